The summed E-state index contributed by atoms with van der Waals surface area (Å²) in [6, 6.07) is 57.4. The first kappa shape index (κ1) is 25.6. The lowest BCUT2D eigenvalue weighted by Crippen LogP contribution is -2.24. The van der Waals surface area contributed by atoms with Gasteiger partial charge in [0.05, 0.1) is 0 Å². The second kappa shape index (κ2) is 11.6. The van der Waals surface area contributed by atoms with Crippen molar-refractivity contribution in [3.63, 3.8) is 0 Å². The Balaban J connectivity index is 1.32. The molecule has 0 atom stereocenters. The van der Waals surface area contributed by atoms with Crippen molar-refractivity contribution in [3.05, 3.63) is 187 Å². The van der Waals surface area contributed by atoms with E-state index in [2.05, 4.69) is 91.0 Å². The third kappa shape index (κ3) is 5.25. The van der Waals surface area contributed by atoms with Crippen LogP contribution in [0.2, 0.25) is 0 Å². The SMILES string of the molecule is O=P(c1ccccc1)(c1ccccc1)c1ccc(-c2ccc(C=C(c3ccccc3)c3ccccc3)cc2)cc1. The van der Waals surface area contributed by atoms with Crippen molar-refractivity contribution in [2.75, 3.05) is 0 Å². The van der Waals surface area contributed by atoms with Crippen LogP contribution in [0.5, 0.6) is 0 Å². The maximum atomic E-state index is 14.6. The van der Waals surface area contributed by atoms with E-state index in [1.165, 1.54) is 16.7 Å². The average molecular weight is 533 g/mol. The molecule has 0 aromatic heterocycles. The monoisotopic (exact) mass is 532 g/mol. The van der Waals surface area contributed by atoms with E-state index in [9.17, 15) is 4.57 Å². The van der Waals surface area contributed by atoms with Crippen LogP contribution in [0.3, 0.4) is 0 Å². The molecule has 40 heavy (non-hydrogen) atoms. The lowest BCUT2D eigenvalue weighted by Gasteiger charge is -2.20. The lowest BCUT2D eigenvalue weighted by molar-refractivity contribution is 0.592. The number of hydrogen-bond donors (Lipinski definition) is 0. The van der Waals surface area contributed by atoms with Gasteiger partial charge in [0.1, 0.15) is 0 Å². The van der Waals surface area contributed by atoms with E-state index < -0.39 is 7.14 Å². The zero-order valence-corrected chi connectivity index (χ0v) is 23.0. The number of benzene rings is 6. The van der Waals surface area contributed by atoms with E-state index in [0.717, 1.165) is 32.6 Å². The van der Waals surface area contributed by atoms with E-state index in [0.29, 0.717) is 0 Å². The molecule has 0 saturated heterocycles. The Morgan fingerprint density at radius 3 is 1.18 bits per heavy atom. The minimum absolute atomic E-state index is 0.837. The third-order valence-corrected chi connectivity index (χ3v) is 10.3. The first-order chi connectivity index (χ1) is 19.7. The highest BCUT2D eigenvalue weighted by Gasteiger charge is 2.29. The van der Waals surface area contributed by atoms with Gasteiger partial charge in [-0.3, -0.25) is 0 Å². The van der Waals surface area contributed by atoms with Crippen LogP contribution in [0.4, 0.5) is 0 Å². The maximum absolute atomic E-state index is 14.6. The average Bonchev–Trinajstić information content (AvgIpc) is 3.05. The Kier molecular flexibility index (Phi) is 7.40. The van der Waals surface area contributed by atoms with Gasteiger partial charge in [0.2, 0.25) is 0 Å². The van der Waals surface area contributed by atoms with Crippen molar-refractivity contribution in [2.24, 2.45) is 0 Å². The van der Waals surface area contributed by atoms with Crippen LogP contribution in [0.15, 0.2) is 170 Å². The van der Waals surface area contributed by atoms with Gasteiger partial charge in [0, 0.05) is 15.9 Å². The van der Waals surface area contributed by atoms with E-state index in [1.807, 2.05) is 84.9 Å². The van der Waals surface area contributed by atoms with Gasteiger partial charge >= 0.3 is 0 Å². The predicted molar refractivity (Wildman–Crippen MR) is 171 cm³/mol. The molecule has 1 nitrogen and oxygen atoms in total. The second-order valence-corrected chi connectivity index (χ2v) is 12.5. The Bertz CT molecular complexity index is 1670. The molecule has 0 bridgehead atoms. The van der Waals surface area contributed by atoms with E-state index in [-0.39, 0.29) is 0 Å². The molecule has 0 unspecified atom stereocenters. The summed E-state index contributed by atoms with van der Waals surface area (Å²) in [5.41, 5.74) is 6.93. The molecule has 6 aromatic rings. The van der Waals surface area contributed by atoms with E-state index in [1.54, 1.807) is 0 Å². The first-order valence-electron chi connectivity index (χ1n) is 13.5. The van der Waals surface area contributed by atoms with Gasteiger partial charge in [-0.25, -0.2) is 0 Å². The van der Waals surface area contributed by atoms with Crippen LogP contribution in [0.1, 0.15) is 16.7 Å². The third-order valence-electron chi connectivity index (χ3n) is 7.20. The molecule has 2 heteroatoms. The largest absolute Gasteiger partial charge is 0.309 e. The molecular formula is C38H29OP. The molecule has 0 radical (unpaired) electrons. The topological polar surface area (TPSA) is 17.1 Å². The summed E-state index contributed by atoms with van der Waals surface area (Å²) < 4.78 is 14.6. The predicted octanol–water partition coefficient (Wildman–Crippen LogP) is 8.58. The normalized spacial score (nSPS) is 11.1. The van der Waals surface area contributed by atoms with Crippen LogP contribution in [-0.4, -0.2) is 0 Å². The molecule has 0 aliphatic rings. The molecular weight excluding hydrogens is 503 g/mol. The van der Waals surface area contributed by atoms with E-state index in [4.69, 9.17) is 0 Å². The van der Waals surface area contributed by atoms with E-state index >= 15 is 0 Å². The quantitative estimate of drug-likeness (QED) is 0.149. The Hall–Kier alpha value is -4.71. The zero-order valence-electron chi connectivity index (χ0n) is 22.1. The van der Waals surface area contributed by atoms with Crippen LogP contribution in [0, 0.1) is 0 Å². The van der Waals surface area contributed by atoms with Gasteiger partial charge in [-0.2, -0.15) is 0 Å². The standard InChI is InChI=1S/C38H29OP/c39-40(35-17-9-3-10-18-35,36-19-11-4-12-20-36)37-27-25-32(26-28-37)31-23-21-30(22-24-31)29-38(33-13-5-1-6-14-33)34-15-7-2-8-16-34/h1-29H. The molecule has 0 aliphatic carbocycles. The fourth-order valence-electron chi connectivity index (χ4n) is 5.09. The minimum atomic E-state index is -2.98. The van der Waals surface area contributed by atoms with Gasteiger partial charge in [0.15, 0.2) is 7.14 Å². The molecule has 0 fully saturated rings. The second-order valence-electron chi connectivity index (χ2n) is 9.74. The Labute approximate surface area is 236 Å². The maximum Gasteiger partial charge on any atom is 0.171 e. The highest BCUT2D eigenvalue weighted by Crippen LogP contribution is 2.42. The molecule has 192 valence electrons. The summed E-state index contributed by atoms with van der Waals surface area (Å²) in [6.07, 6.45) is 2.24. The van der Waals surface area contributed by atoms with Gasteiger partial charge in [-0.15, -0.1) is 0 Å². The first-order valence-corrected chi connectivity index (χ1v) is 15.2. The highest BCUT2D eigenvalue weighted by atomic mass is 31.2. The van der Waals surface area contributed by atoms with Gasteiger partial charge < -0.3 is 4.57 Å². The molecule has 0 saturated carbocycles. The summed E-state index contributed by atoms with van der Waals surface area (Å²) in [5, 5.41) is 2.53. The smallest absolute Gasteiger partial charge is 0.171 e. The minimum Gasteiger partial charge on any atom is -0.309 e. The molecule has 0 spiro atoms. The summed E-state index contributed by atoms with van der Waals surface area (Å²) in [4.78, 5) is 0. The van der Waals surface area contributed by atoms with Crippen molar-refractivity contribution in [1.29, 1.82) is 0 Å². The fourth-order valence-corrected chi connectivity index (χ4v) is 7.74. The van der Waals surface area contributed by atoms with Crippen LogP contribution in [-0.2, 0) is 4.57 Å². The highest BCUT2D eigenvalue weighted by molar-refractivity contribution is 7.85. The molecule has 0 amide bonds. The van der Waals surface area contributed by atoms with Gasteiger partial charge in [-0.1, -0.05) is 170 Å². The summed E-state index contributed by atoms with van der Waals surface area (Å²) in [5.74, 6) is 0. The molecule has 0 aliphatic heterocycles. The van der Waals surface area contributed by atoms with Crippen LogP contribution in [0.25, 0.3) is 22.8 Å². The van der Waals surface area contributed by atoms with Crippen molar-refractivity contribution in [2.45, 2.75) is 0 Å². The fraction of sp³-hybridized carbons (Fsp3) is 0. The number of rotatable bonds is 7. The van der Waals surface area contributed by atoms with Crippen LogP contribution >= 0.6 is 7.14 Å². The van der Waals surface area contributed by atoms with Gasteiger partial charge in [0.25, 0.3) is 0 Å². The van der Waals surface area contributed by atoms with Crippen LogP contribution < -0.4 is 15.9 Å². The van der Waals surface area contributed by atoms with Gasteiger partial charge in [-0.05, 0) is 39.5 Å². The molecule has 0 N–H and O–H groups in total. The van der Waals surface area contributed by atoms with Crippen molar-refractivity contribution < 1.29 is 4.57 Å². The number of hydrogen-bond acceptors (Lipinski definition) is 1. The lowest BCUT2D eigenvalue weighted by atomic mass is 9.95. The Morgan fingerprint density at radius 2 is 0.750 bits per heavy atom. The van der Waals surface area contributed by atoms with Crippen molar-refractivity contribution >= 4 is 34.7 Å². The summed E-state index contributed by atoms with van der Waals surface area (Å²) >= 11 is 0. The molecule has 6 rings (SSSR count). The molecule has 6 aromatic carbocycles. The van der Waals surface area contributed by atoms with Crippen molar-refractivity contribution in [3.8, 4) is 11.1 Å². The molecule has 0 heterocycles. The summed E-state index contributed by atoms with van der Waals surface area (Å²) in [7, 11) is -2.98. The zero-order chi connectivity index (χ0) is 27.2. The summed E-state index contributed by atoms with van der Waals surface area (Å²) in [6.45, 7) is 0. The van der Waals surface area contributed by atoms with Crippen molar-refractivity contribution in [1.82, 2.24) is 0 Å². The Morgan fingerprint density at radius 1 is 0.400 bits per heavy atom.